The SMILES string of the molecule is CC(C)[C@H]1CC[C@H](C)C[C@H]1ON=C(C(=O)O)c1csc(N)n1. The van der Waals surface area contributed by atoms with Crippen molar-refractivity contribution in [2.75, 3.05) is 5.73 Å². The van der Waals surface area contributed by atoms with Gasteiger partial charge in [-0.1, -0.05) is 32.3 Å². The molecule has 3 atom stereocenters. The van der Waals surface area contributed by atoms with E-state index in [0.717, 1.165) is 12.8 Å². The van der Waals surface area contributed by atoms with Crippen molar-refractivity contribution in [3.8, 4) is 0 Å². The molecule has 1 aliphatic rings. The van der Waals surface area contributed by atoms with E-state index in [2.05, 4.69) is 30.9 Å². The largest absolute Gasteiger partial charge is 0.476 e. The van der Waals surface area contributed by atoms with Gasteiger partial charge in [-0.15, -0.1) is 11.3 Å². The first-order valence-electron chi connectivity index (χ1n) is 7.57. The van der Waals surface area contributed by atoms with Crippen LogP contribution in [-0.4, -0.2) is 27.9 Å². The number of nitrogens with zero attached hydrogens (tertiary/aromatic N) is 2. The normalized spacial score (nSPS) is 26.2. The molecule has 0 amide bonds. The Balaban J connectivity index is 2.16. The molecule has 1 aliphatic carbocycles. The predicted molar refractivity (Wildman–Crippen MR) is 86.9 cm³/mol. The second-order valence-corrected chi connectivity index (χ2v) is 7.18. The van der Waals surface area contributed by atoms with Crippen LogP contribution in [0.1, 0.15) is 45.7 Å². The summed E-state index contributed by atoms with van der Waals surface area (Å²) in [4.78, 5) is 21.0. The lowest BCUT2D eigenvalue weighted by Gasteiger charge is -2.35. The maximum Gasteiger partial charge on any atom is 0.360 e. The Kier molecular flexibility index (Phi) is 5.39. The molecule has 2 rings (SSSR count). The molecular formula is C15H23N3O3S. The topological polar surface area (TPSA) is 97.8 Å². The van der Waals surface area contributed by atoms with Crippen molar-refractivity contribution in [3.63, 3.8) is 0 Å². The Morgan fingerprint density at radius 1 is 1.55 bits per heavy atom. The molecule has 1 fully saturated rings. The molecule has 3 N–H and O–H groups in total. The fourth-order valence-electron chi connectivity index (χ4n) is 2.95. The molecule has 0 spiro atoms. The first-order chi connectivity index (χ1) is 10.4. The molecule has 0 radical (unpaired) electrons. The van der Waals surface area contributed by atoms with E-state index >= 15 is 0 Å². The molecule has 0 saturated heterocycles. The minimum absolute atomic E-state index is 0.0471. The summed E-state index contributed by atoms with van der Waals surface area (Å²) in [6.45, 7) is 6.52. The number of hydrogen-bond donors (Lipinski definition) is 2. The highest BCUT2D eigenvalue weighted by atomic mass is 32.1. The average Bonchev–Trinajstić information content (AvgIpc) is 2.84. The van der Waals surface area contributed by atoms with Crippen molar-refractivity contribution in [1.29, 1.82) is 0 Å². The summed E-state index contributed by atoms with van der Waals surface area (Å²) in [5, 5.41) is 15.1. The van der Waals surface area contributed by atoms with Gasteiger partial charge in [-0.05, 0) is 24.7 Å². The van der Waals surface area contributed by atoms with Gasteiger partial charge in [0.2, 0.25) is 5.71 Å². The van der Waals surface area contributed by atoms with Gasteiger partial charge < -0.3 is 15.7 Å². The Hall–Kier alpha value is -1.63. The highest BCUT2D eigenvalue weighted by Crippen LogP contribution is 2.35. The number of nitrogens with two attached hydrogens (primary N) is 1. The minimum atomic E-state index is -1.16. The molecule has 1 aromatic rings. The summed E-state index contributed by atoms with van der Waals surface area (Å²) in [6, 6.07) is 0. The van der Waals surface area contributed by atoms with Crippen LogP contribution in [0.15, 0.2) is 10.5 Å². The van der Waals surface area contributed by atoms with Crippen molar-refractivity contribution in [3.05, 3.63) is 11.1 Å². The van der Waals surface area contributed by atoms with Gasteiger partial charge in [-0.2, -0.15) is 0 Å². The second kappa shape index (κ2) is 7.09. The Morgan fingerprint density at radius 2 is 2.27 bits per heavy atom. The van der Waals surface area contributed by atoms with Crippen LogP contribution in [0.2, 0.25) is 0 Å². The molecule has 0 aromatic carbocycles. The van der Waals surface area contributed by atoms with Crippen LogP contribution < -0.4 is 5.73 Å². The van der Waals surface area contributed by atoms with Gasteiger partial charge in [0.05, 0.1) is 0 Å². The van der Waals surface area contributed by atoms with E-state index in [1.54, 1.807) is 5.38 Å². The molecule has 0 bridgehead atoms. The van der Waals surface area contributed by atoms with Gasteiger partial charge in [0, 0.05) is 11.3 Å². The van der Waals surface area contributed by atoms with E-state index in [4.69, 9.17) is 10.6 Å². The van der Waals surface area contributed by atoms with Crippen molar-refractivity contribution in [2.45, 2.75) is 46.1 Å². The van der Waals surface area contributed by atoms with E-state index in [0.29, 0.717) is 22.9 Å². The molecular weight excluding hydrogens is 302 g/mol. The third kappa shape index (κ3) is 3.97. The monoisotopic (exact) mass is 325 g/mol. The van der Waals surface area contributed by atoms with Crippen LogP contribution in [0.3, 0.4) is 0 Å². The van der Waals surface area contributed by atoms with Crippen LogP contribution in [0.25, 0.3) is 0 Å². The standard InChI is InChI=1S/C15H23N3O3S/c1-8(2)10-5-4-9(3)6-12(10)21-18-13(14(19)20)11-7-22-15(16)17-11/h7-10,12H,4-6H2,1-3H3,(H2,16,17)(H,19,20)/t9-,10+,12+/m0/s1. The van der Waals surface area contributed by atoms with E-state index in [1.807, 2.05) is 0 Å². The summed E-state index contributed by atoms with van der Waals surface area (Å²) in [5.74, 6) is 0.292. The molecule has 1 saturated carbocycles. The third-order valence-electron chi connectivity index (χ3n) is 4.21. The van der Waals surface area contributed by atoms with Gasteiger partial charge >= 0.3 is 5.97 Å². The summed E-state index contributed by atoms with van der Waals surface area (Å²) >= 11 is 1.18. The maximum atomic E-state index is 11.4. The summed E-state index contributed by atoms with van der Waals surface area (Å²) < 4.78 is 0. The molecule has 122 valence electrons. The first kappa shape index (κ1) is 16.7. The number of rotatable bonds is 5. The molecule has 0 unspecified atom stereocenters. The van der Waals surface area contributed by atoms with Crippen LogP contribution in [0.5, 0.6) is 0 Å². The number of hydrogen-bond acceptors (Lipinski definition) is 6. The number of nitrogen functional groups attached to an aromatic ring is 1. The highest BCUT2D eigenvalue weighted by molar-refractivity contribution is 7.13. The van der Waals surface area contributed by atoms with Gasteiger partial charge in [-0.3, -0.25) is 0 Å². The molecule has 1 aromatic heterocycles. The van der Waals surface area contributed by atoms with Gasteiger partial charge in [-0.25, -0.2) is 9.78 Å². The number of oxime groups is 1. The fraction of sp³-hybridized carbons (Fsp3) is 0.667. The lowest BCUT2D eigenvalue weighted by Crippen LogP contribution is -2.33. The second-order valence-electron chi connectivity index (χ2n) is 6.29. The van der Waals surface area contributed by atoms with Crippen LogP contribution >= 0.6 is 11.3 Å². The van der Waals surface area contributed by atoms with Gasteiger partial charge in [0.15, 0.2) is 5.13 Å². The summed E-state index contributed by atoms with van der Waals surface area (Å²) in [7, 11) is 0. The molecule has 6 nitrogen and oxygen atoms in total. The fourth-order valence-corrected chi connectivity index (χ4v) is 3.50. The Morgan fingerprint density at radius 3 is 2.82 bits per heavy atom. The van der Waals surface area contributed by atoms with E-state index in [-0.39, 0.29) is 17.5 Å². The van der Waals surface area contributed by atoms with Gasteiger partial charge in [0.25, 0.3) is 0 Å². The number of thiazole rings is 1. The lowest BCUT2D eigenvalue weighted by atomic mass is 9.75. The van der Waals surface area contributed by atoms with E-state index < -0.39 is 5.97 Å². The van der Waals surface area contributed by atoms with Crippen molar-refractivity contribution < 1.29 is 14.7 Å². The van der Waals surface area contributed by atoms with E-state index in [1.165, 1.54) is 17.8 Å². The zero-order chi connectivity index (χ0) is 16.3. The lowest BCUT2D eigenvalue weighted by molar-refractivity contribution is -0.129. The molecule has 22 heavy (non-hydrogen) atoms. The van der Waals surface area contributed by atoms with Crippen LogP contribution in [0, 0.1) is 17.8 Å². The van der Waals surface area contributed by atoms with Crippen LogP contribution in [-0.2, 0) is 9.63 Å². The van der Waals surface area contributed by atoms with E-state index in [9.17, 15) is 9.90 Å². The smallest absolute Gasteiger partial charge is 0.360 e. The zero-order valence-electron chi connectivity index (χ0n) is 13.2. The predicted octanol–water partition coefficient (Wildman–Crippen LogP) is 2.99. The highest BCUT2D eigenvalue weighted by Gasteiger charge is 2.33. The Labute approximate surface area is 134 Å². The van der Waals surface area contributed by atoms with Gasteiger partial charge in [0.1, 0.15) is 11.8 Å². The Bertz CT molecular complexity index is 556. The number of carbonyl (C=O) groups is 1. The average molecular weight is 325 g/mol. The van der Waals surface area contributed by atoms with Crippen molar-refractivity contribution in [2.24, 2.45) is 22.9 Å². The minimum Gasteiger partial charge on any atom is -0.476 e. The molecule has 7 heteroatoms. The summed E-state index contributed by atoms with van der Waals surface area (Å²) in [5.41, 5.74) is 5.62. The van der Waals surface area contributed by atoms with Crippen LogP contribution in [0.4, 0.5) is 5.13 Å². The third-order valence-corrected chi connectivity index (χ3v) is 4.88. The zero-order valence-corrected chi connectivity index (χ0v) is 14.0. The maximum absolute atomic E-state index is 11.4. The quantitative estimate of drug-likeness (QED) is 0.640. The number of carboxylic acid groups (broad SMARTS) is 1. The molecule has 1 heterocycles. The van der Waals surface area contributed by atoms with Crippen molar-refractivity contribution >= 4 is 28.1 Å². The first-order valence-corrected chi connectivity index (χ1v) is 8.45. The number of carboxylic acids is 1. The number of anilines is 1. The van der Waals surface area contributed by atoms with Crippen molar-refractivity contribution in [1.82, 2.24) is 4.98 Å². The summed E-state index contributed by atoms with van der Waals surface area (Å²) in [6.07, 6.45) is 3.12. The molecule has 0 aliphatic heterocycles. The number of aromatic nitrogens is 1. The number of aliphatic carboxylic acids is 1.